The molecule has 15 heavy (non-hydrogen) atoms. The third-order valence-corrected chi connectivity index (χ3v) is 3.76. The van der Waals surface area contributed by atoms with E-state index in [1.807, 2.05) is 11.9 Å². The lowest BCUT2D eigenvalue weighted by atomic mass is 9.66. The molecule has 0 saturated carbocycles. The zero-order chi connectivity index (χ0) is 11.1. The summed E-state index contributed by atoms with van der Waals surface area (Å²) in [7, 11) is 3.33. The molecule has 2 rings (SSSR count). The number of likely N-dealkylation sites (tertiary alicyclic amines) is 1. The van der Waals surface area contributed by atoms with Crippen molar-refractivity contribution in [2.45, 2.75) is 12.0 Å². The molecular weight excluding hydrogens is 196 g/mol. The van der Waals surface area contributed by atoms with E-state index < -0.39 is 11.0 Å². The number of β-amino-alcohol motifs (C(OH)–C–C–N with tert-alkyl or cyclic N) is 1. The van der Waals surface area contributed by atoms with Gasteiger partial charge < -0.3 is 20.1 Å². The predicted molar refractivity (Wildman–Crippen MR) is 54.4 cm³/mol. The van der Waals surface area contributed by atoms with E-state index in [1.165, 1.54) is 7.11 Å². The topological polar surface area (TPSA) is 61.8 Å². The zero-order valence-corrected chi connectivity index (χ0v) is 9.25. The van der Waals surface area contributed by atoms with Crippen molar-refractivity contribution in [2.24, 2.45) is 5.41 Å². The van der Waals surface area contributed by atoms with Crippen molar-refractivity contribution >= 4 is 5.97 Å². The summed E-state index contributed by atoms with van der Waals surface area (Å²) in [4.78, 5) is 13.8. The Morgan fingerprint density at radius 2 is 2.20 bits per heavy atom. The van der Waals surface area contributed by atoms with Crippen molar-refractivity contribution in [2.75, 3.05) is 40.3 Å². The predicted octanol–water partition coefficient (Wildman–Crippen LogP) is -1.18. The molecule has 5 nitrogen and oxygen atoms in total. The highest BCUT2D eigenvalue weighted by molar-refractivity contribution is 5.80. The summed E-state index contributed by atoms with van der Waals surface area (Å²) in [5, 5.41) is 13.6. The molecule has 2 aliphatic rings. The maximum absolute atomic E-state index is 11.8. The normalized spacial score (nSPS) is 34.9. The number of nitrogens with zero attached hydrogens (tertiary/aromatic N) is 1. The van der Waals surface area contributed by atoms with Crippen molar-refractivity contribution < 1.29 is 14.6 Å². The highest BCUT2D eigenvalue weighted by atomic mass is 16.5. The molecule has 0 aromatic heterocycles. The number of nitrogens with one attached hydrogen (secondary N) is 1. The number of ether oxygens (including phenoxy) is 1. The standard InChI is InChI=1S/C10H18N2O3/c1-12-4-3-10(14,7-12)9(5-11-6-9)8(13)15-2/h11,14H,3-7H2,1-2H3. The van der Waals surface area contributed by atoms with E-state index in [1.54, 1.807) is 0 Å². The van der Waals surface area contributed by atoms with Crippen molar-refractivity contribution in [3.63, 3.8) is 0 Å². The molecule has 0 amide bonds. The van der Waals surface area contributed by atoms with Gasteiger partial charge in [-0.3, -0.25) is 4.79 Å². The molecule has 2 saturated heterocycles. The lowest BCUT2D eigenvalue weighted by Gasteiger charge is -2.49. The summed E-state index contributed by atoms with van der Waals surface area (Å²) in [5.41, 5.74) is -1.66. The average Bonchev–Trinajstić information content (AvgIpc) is 2.44. The minimum absolute atomic E-state index is 0.293. The molecule has 2 N–H and O–H groups in total. The molecule has 0 aromatic carbocycles. The molecule has 0 aliphatic carbocycles. The van der Waals surface area contributed by atoms with Gasteiger partial charge in [-0.05, 0) is 13.5 Å². The van der Waals surface area contributed by atoms with Gasteiger partial charge in [0.25, 0.3) is 0 Å². The second kappa shape index (κ2) is 3.43. The summed E-state index contributed by atoms with van der Waals surface area (Å²) in [6.07, 6.45) is 0.639. The maximum Gasteiger partial charge on any atom is 0.317 e. The van der Waals surface area contributed by atoms with E-state index in [0.717, 1.165) is 6.54 Å². The van der Waals surface area contributed by atoms with Gasteiger partial charge in [0, 0.05) is 26.2 Å². The number of methoxy groups -OCH3 is 1. The molecule has 0 bridgehead atoms. The number of carbonyl (C=O) groups is 1. The number of hydrogen-bond donors (Lipinski definition) is 2. The molecule has 2 fully saturated rings. The Bertz CT molecular complexity index is 278. The highest BCUT2D eigenvalue weighted by Gasteiger charge is 2.62. The average molecular weight is 214 g/mol. The first kappa shape index (κ1) is 10.9. The Hall–Kier alpha value is -0.650. The molecule has 86 valence electrons. The van der Waals surface area contributed by atoms with Crippen LogP contribution in [-0.2, 0) is 9.53 Å². The van der Waals surface area contributed by atoms with Crippen LogP contribution < -0.4 is 5.32 Å². The minimum atomic E-state index is -0.930. The lowest BCUT2D eigenvalue weighted by Crippen LogP contribution is -2.70. The lowest BCUT2D eigenvalue weighted by molar-refractivity contribution is -0.179. The van der Waals surface area contributed by atoms with E-state index in [0.29, 0.717) is 26.1 Å². The molecule has 2 heterocycles. The first-order valence-electron chi connectivity index (χ1n) is 5.24. The number of carbonyl (C=O) groups excluding carboxylic acids is 1. The second-order valence-corrected chi connectivity index (χ2v) is 4.70. The molecule has 0 spiro atoms. The molecule has 1 unspecified atom stereocenters. The van der Waals surface area contributed by atoms with Crippen LogP contribution in [0.25, 0.3) is 0 Å². The van der Waals surface area contributed by atoms with Crippen molar-refractivity contribution in [3.05, 3.63) is 0 Å². The Kier molecular flexibility index (Phi) is 2.48. The summed E-state index contributed by atoms with van der Waals surface area (Å²) in [6.45, 7) is 2.41. The SMILES string of the molecule is COC(=O)C1(C2(O)CCN(C)C2)CNC1. The van der Waals surface area contributed by atoms with E-state index in [9.17, 15) is 9.90 Å². The zero-order valence-electron chi connectivity index (χ0n) is 9.25. The van der Waals surface area contributed by atoms with Crippen LogP contribution in [-0.4, -0.2) is 61.9 Å². The van der Waals surface area contributed by atoms with Crippen LogP contribution in [0.2, 0.25) is 0 Å². The first-order valence-corrected chi connectivity index (χ1v) is 5.24. The van der Waals surface area contributed by atoms with Crippen LogP contribution in [0.4, 0.5) is 0 Å². The maximum atomic E-state index is 11.8. The third-order valence-electron chi connectivity index (χ3n) is 3.76. The Balaban J connectivity index is 2.22. The third kappa shape index (κ3) is 1.38. The van der Waals surface area contributed by atoms with Gasteiger partial charge in [-0.2, -0.15) is 0 Å². The van der Waals surface area contributed by atoms with E-state index in [2.05, 4.69) is 5.32 Å². The molecule has 0 aromatic rings. The van der Waals surface area contributed by atoms with Gasteiger partial charge in [0.05, 0.1) is 12.7 Å². The van der Waals surface area contributed by atoms with Crippen LogP contribution in [0.3, 0.4) is 0 Å². The largest absolute Gasteiger partial charge is 0.468 e. The second-order valence-electron chi connectivity index (χ2n) is 4.70. The summed E-state index contributed by atoms with van der Waals surface area (Å²) in [5.74, 6) is -0.293. The van der Waals surface area contributed by atoms with Crippen LogP contribution in [0.5, 0.6) is 0 Å². The van der Waals surface area contributed by atoms with Gasteiger partial charge in [-0.15, -0.1) is 0 Å². The van der Waals surface area contributed by atoms with Gasteiger partial charge in [0.15, 0.2) is 0 Å². The Morgan fingerprint density at radius 1 is 1.53 bits per heavy atom. The van der Waals surface area contributed by atoms with Gasteiger partial charge in [0.2, 0.25) is 0 Å². The van der Waals surface area contributed by atoms with E-state index >= 15 is 0 Å². The summed E-state index contributed by atoms with van der Waals surface area (Å²) in [6, 6.07) is 0. The van der Waals surface area contributed by atoms with Crippen LogP contribution in [0.15, 0.2) is 0 Å². The number of aliphatic hydroxyl groups is 1. The highest BCUT2D eigenvalue weighted by Crippen LogP contribution is 2.42. The van der Waals surface area contributed by atoms with Gasteiger partial charge in [-0.25, -0.2) is 0 Å². The van der Waals surface area contributed by atoms with Crippen LogP contribution in [0.1, 0.15) is 6.42 Å². The summed E-state index contributed by atoms with van der Waals surface area (Å²) >= 11 is 0. The van der Waals surface area contributed by atoms with Crippen molar-refractivity contribution in [3.8, 4) is 0 Å². The Morgan fingerprint density at radius 3 is 2.53 bits per heavy atom. The van der Waals surface area contributed by atoms with Gasteiger partial charge >= 0.3 is 5.97 Å². The minimum Gasteiger partial charge on any atom is -0.468 e. The Labute approximate surface area is 89.4 Å². The fraction of sp³-hybridized carbons (Fsp3) is 0.900. The molecule has 1 atom stereocenters. The van der Waals surface area contributed by atoms with E-state index in [4.69, 9.17) is 4.74 Å². The monoisotopic (exact) mass is 214 g/mol. The molecule has 0 radical (unpaired) electrons. The number of rotatable bonds is 2. The smallest absolute Gasteiger partial charge is 0.317 e. The number of hydrogen-bond acceptors (Lipinski definition) is 5. The first-order chi connectivity index (χ1) is 7.04. The number of likely N-dealkylation sites (N-methyl/N-ethyl adjacent to an activating group) is 1. The van der Waals surface area contributed by atoms with Crippen LogP contribution in [0, 0.1) is 5.41 Å². The fourth-order valence-corrected chi connectivity index (χ4v) is 2.60. The van der Waals surface area contributed by atoms with Crippen molar-refractivity contribution in [1.82, 2.24) is 10.2 Å². The quantitative estimate of drug-likeness (QED) is 0.566. The van der Waals surface area contributed by atoms with Gasteiger partial charge in [-0.1, -0.05) is 0 Å². The van der Waals surface area contributed by atoms with E-state index in [-0.39, 0.29) is 5.97 Å². The van der Waals surface area contributed by atoms with Crippen molar-refractivity contribution in [1.29, 1.82) is 0 Å². The fourth-order valence-electron chi connectivity index (χ4n) is 2.60. The van der Waals surface area contributed by atoms with Gasteiger partial charge in [0.1, 0.15) is 5.41 Å². The number of esters is 1. The molecule has 5 heteroatoms. The summed E-state index contributed by atoms with van der Waals surface area (Å²) < 4.78 is 4.81. The molecule has 2 aliphatic heterocycles. The molecular formula is C10H18N2O3. The van der Waals surface area contributed by atoms with Crippen LogP contribution >= 0.6 is 0 Å².